The standard InChI is InChI=1S/C11H9BrO3S/c1-2-15-9-7-5-6(12)3-4-8(7)16-10(9)11(13)14/h3-5H,2H2,1H3,(H,13,14). The van der Waals surface area contributed by atoms with Crippen LogP contribution in [0.3, 0.4) is 0 Å². The summed E-state index contributed by atoms with van der Waals surface area (Å²) in [6.07, 6.45) is 0. The molecule has 0 radical (unpaired) electrons. The highest BCUT2D eigenvalue weighted by atomic mass is 79.9. The van der Waals surface area contributed by atoms with E-state index in [2.05, 4.69) is 15.9 Å². The Morgan fingerprint density at radius 1 is 1.56 bits per heavy atom. The maximum atomic E-state index is 11.1. The molecule has 1 N–H and O–H groups in total. The third kappa shape index (κ3) is 1.92. The van der Waals surface area contributed by atoms with Crippen LogP contribution in [0.4, 0.5) is 0 Å². The molecule has 0 fully saturated rings. The molecule has 0 spiro atoms. The van der Waals surface area contributed by atoms with Crippen molar-refractivity contribution in [2.45, 2.75) is 6.92 Å². The zero-order chi connectivity index (χ0) is 11.7. The topological polar surface area (TPSA) is 46.5 Å². The Labute approximate surface area is 105 Å². The minimum atomic E-state index is -0.944. The third-order valence-corrected chi connectivity index (χ3v) is 3.72. The van der Waals surface area contributed by atoms with Crippen molar-refractivity contribution < 1.29 is 14.6 Å². The van der Waals surface area contributed by atoms with Crippen LogP contribution in [0.1, 0.15) is 16.6 Å². The first kappa shape index (κ1) is 11.4. The van der Waals surface area contributed by atoms with E-state index in [-0.39, 0.29) is 4.88 Å². The Hall–Kier alpha value is -1.07. The van der Waals surface area contributed by atoms with Crippen LogP contribution >= 0.6 is 27.3 Å². The van der Waals surface area contributed by atoms with Crippen molar-refractivity contribution in [1.29, 1.82) is 0 Å². The fraction of sp³-hybridized carbons (Fsp3) is 0.182. The van der Waals surface area contributed by atoms with E-state index in [1.54, 1.807) is 0 Å². The average molecular weight is 301 g/mol. The summed E-state index contributed by atoms with van der Waals surface area (Å²) in [4.78, 5) is 11.3. The van der Waals surface area contributed by atoms with Gasteiger partial charge in [0.1, 0.15) is 0 Å². The summed E-state index contributed by atoms with van der Waals surface area (Å²) in [6, 6.07) is 5.66. The SMILES string of the molecule is CCOc1c(C(=O)O)sc2ccc(Br)cc12. The van der Waals surface area contributed by atoms with Crippen LogP contribution in [0.2, 0.25) is 0 Å². The third-order valence-electron chi connectivity index (χ3n) is 2.09. The van der Waals surface area contributed by atoms with Gasteiger partial charge in [0.25, 0.3) is 0 Å². The van der Waals surface area contributed by atoms with E-state index < -0.39 is 5.97 Å². The van der Waals surface area contributed by atoms with Crippen LogP contribution in [-0.4, -0.2) is 17.7 Å². The van der Waals surface area contributed by atoms with Gasteiger partial charge in [-0.1, -0.05) is 15.9 Å². The van der Waals surface area contributed by atoms with E-state index in [0.29, 0.717) is 12.4 Å². The summed E-state index contributed by atoms with van der Waals surface area (Å²) in [5, 5.41) is 9.93. The van der Waals surface area contributed by atoms with Crippen LogP contribution in [0.5, 0.6) is 5.75 Å². The Morgan fingerprint density at radius 3 is 2.94 bits per heavy atom. The zero-order valence-corrected chi connectivity index (χ0v) is 10.9. The summed E-state index contributed by atoms with van der Waals surface area (Å²) in [5.74, 6) is -0.475. The smallest absolute Gasteiger partial charge is 0.349 e. The lowest BCUT2D eigenvalue weighted by molar-refractivity contribution is 0.0698. The molecule has 16 heavy (non-hydrogen) atoms. The number of hydrogen-bond donors (Lipinski definition) is 1. The van der Waals surface area contributed by atoms with Gasteiger partial charge in [0.2, 0.25) is 0 Å². The molecule has 2 aromatic rings. The number of fused-ring (bicyclic) bond motifs is 1. The number of rotatable bonds is 3. The van der Waals surface area contributed by atoms with Crippen LogP contribution in [0, 0.1) is 0 Å². The minimum Gasteiger partial charge on any atom is -0.491 e. The van der Waals surface area contributed by atoms with Crippen molar-refractivity contribution in [2.75, 3.05) is 6.61 Å². The van der Waals surface area contributed by atoms with Gasteiger partial charge in [-0.25, -0.2) is 4.79 Å². The molecule has 1 aromatic carbocycles. The maximum Gasteiger partial charge on any atom is 0.349 e. The van der Waals surface area contributed by atoms with E-state index in [0.717, 1.165) is 14.6 Å². The Kier molecular flexibility index (Phi) is 3.16. The largest absolute Gasteiger partial charge is 0.491 e. The molecule has 5 heteroatoms. The normalized spacial score (nSPS) is 10.6. The molecule has 0 saturated heterocycles. The molecule has 3 nitrogen and oxygen atoms in total. The molecular formula is C11H9BrO3S. The van der Waals surface area contributed by atoms with Crippen molar-refractivity contribution in [3.05, 3.63) is 27.5 Å². The first-order chi connectivity index (χ1) is 7.63. The van der Waals surface area contributed by atoms with Gasteiger partial charge in [-0.05, 0) is 25.1 Å². The molecular weight excluding hydrogens is 292 g/mol. The summed E-state index contributed by atoms with van der Waals surface area (Å²) >= 11 is 4.60. The molecule has 0 unspecified atom stereocenters. The number of halogens is 1. The van der Waals surface area contributed by atoms with Gasteiger partial charge in [0.05, 0.1) is 6.61 Å². The number of carboxylic acids is 1. The number of carbonyl (C=O) groups is 1. The van der Waals surface area contributed by atoms with Crippen LogP contribution in [0.15, 0.2) is 22.7 Å². The Bertz CT molecular complexity index is 547. The van der Waals surface area contributed by atoms with Crippen molar-refractivity contribution in [3.8, 4) is 5.75 Å². The van der Waals surface area contributed by atoms with E-state index in [4.69, 9.17) is 9.84 Å². The van der Waals surface area contributed by atoms with Gasteiger partial charge < -0.3 is 9.84 Å². The van der Waals surface area contributed by atoms with E-state index in [1.165, 1.54) is 11.3 Å². The molecule has 0 aliphatic rings. The highest BCUT2D eigenvalue weighted by molar-refractivity contribution is 9.10. The van der Waals surface area contributed by atoms with Crippen LogP contribution in [-0.2, 0) is 0 Å². The summed E-state index contributed by atoms with van der Waals surface area (Å²) in [5.41, 5.74) is 0. The van der Waals surface area contributed by atoms with Gasteiger partial charge in [-0.2, -0.15) is 0 Å². The van der Waals surface area contributed by atoms with Crippen molar-refractivity contribution in [2.24, 2.45) is 0 Å². The first-order valence-corrected chi connectivity index (χ1v) is 6.32. The van der Waals surface area contributed by atoms with Gasteiger partial charge in [0.15, 0.2) is 10.6 Å². The number of thiophene rings is 1. The first-order valence-electron chi connectivity index (χ1n) is 4.71. The summed E-state index contributed by atoms with van der Waals surface area (Å²) in [6.45, 7) is 2.30. The van der Waals surface area contributed by atoms with Crippen molar-refractivity contribution >= 4 is 43.3 Å². The molecule has 1 heterocycles. The predicted molar refractivity (Wildman–Crippen MR) is 67.7 cm³/mol. The monoisotopic (exact) mass is 300 g/mol. The lowest BCUT2D eigenvalue weighted by atomic mass is 10.2. The molecule has 84 valence electrons. The maximum absolute atomic E-state index is 11.1. The van der Waals surface area contributed by atoms with Crippen LogP contribution in [0.25, 0.3) is 10.1 Å². The zero-order valence-electron chi connectivity index (χ0n) is 8.49. The lowest BCUT2D eigenvalue weighted by Gasteiger charge is -2.02. The van der Waals surface area contributed by atoms with Gasteiger partial charge >= 0.3 is 5.97 Å². The molecule has 0 aliphatic heterocycles. The Morgan fingerprint density at radius 2 is 2.31 bits per heavy atom. The number of aromatic carboxylic acids is 1. The van der Waals surface area contributed by atoms with Crippen molar-refractivity contribution in [1.82, 2.24) is 0 Å². The van der Waals surface area contributed by atoms with Gasteiger partial charge in [0, 0.05) is 14.6 Å². The van der Waals surface area contributed by atoms with E-state index in [1.807, 2.05) is 25.1 Å². The van der Waals surface area contributed by atoms with E-state index >= 15 is 0 Å². The molecule has 2 rings (SSSR count). The second-order valence-corrected chi connectivity index (χ2v) is 5.11. The molecule has 1 aromatic heterocycles. The van der Waals surface area contributed by atoms with Gasteiger partial charge in [-0.3, -0.25) is 0 Å². The minimum absolute atomic E-state index is 0.259. The predicted octanol–water partition coefficient (Wildman–Crippen LogP) is 3.76. The highest BCUT2D eigenvalue weighted by Crippen LogP contribution is 2.39. The Balaban J connectivity index is 2.71. The summed E-state index contributed by atoms with van der Waals surface area (Å²) in [7, 11) is 0. The number of ether oxygens (including phenoxy) is 1. The molecule has 0 saturated carbocycles. The molecule has 0 bridgehead atoms. The van der Waals surface area contributed by atoms with Crippen LogP contribution < -0.4 is 4.74 Å². The second kappa shape index (κ2) is 4.43. The quantitative estimate of drug-likeness (QED) is 0.939. The lowest BCUT2D eigenvalue weighted by Crippen LogP contribution is -1.98. The van der Waals surface area contributed by atoms with E-state index in [9.17, 15) is 4.79 Å². The number of benzene rings is 1. The molecule has 0 amide bonds. The molecule has 0 aliphatic carbocycles. The van der Waals surface area contributed by atoms with Crippen molar-refractivity contribution in [3.63, 3.8) is 0 Å². The number of carboxylic acid groups (broad SMARTS) is 1. The summed E-state index contributed by atoms with van der Waals surface area (Å²) < 4.78 is 7.25. The number of hydrogen-bond acceptors (Lipinski definition) is 3. The fourth-order valence-electron chi connectivity index (χ4n) is 1.48. The average Bonchev–Trinajstić information content (AvgIpc) is 2.58. The fourth-order valence-corrected chi connectivity index (χ4v) is 2.80. The molecule has 0 atom stereocenters. The van der Waals surface area contributed by atoms with Gasteiger partial charge in [-0.15, -0.1) is 11.3 Å². The second-order valence-electron chi connectivity index (χ2n) is 3.14. The highest BCUT2D eigenvalue weighted by Gasteiger charge is 2.18.